The first-order chi connectivity index (χ1) is 9.20. The number of anilines is 1. The van der Waals surface area contributed by atoms with Crippen LogP contribution in [0.15, 0.2) is 15.1 Å². The lowest BCUT2D eigenvalue weighted by molar-refractivity contribution is 0.102. The normalized spacial score (nSPS) is 11.7. The summed E-state index contributed by atoms with van der Waals surface area (Å²) in [5, 5.41) is 6.67. The van der Waals surface area contributed by atoms with Crippen LogP contribution < -0.4 is 5.32 Å². The number of hydrogen-bond donors (Lipinski definition) is 1. The predicted octanol–water partition coefficient (Wildman–Crippen LogP) is 4.67. The summed E-state index contributed by atoms with van der Waals surface area (Å²) in [6.45, 7) is 10.00. The molecule has 0 aliphatic rings. The molecule has 2 aromatic heterocycles. The van der Waals surface area contributed by atoms with E-state index in [1.54, 1.807) is 17.4 Å². The highest BCUT2D eigenvalue weighted by Gasteiger charge is 2.22. The van der Waals surface area contributed by atoms with Gasteiger partial charge in [-0.1, -0.05) is 25.9 Å². The van der Waals surface area contributed by atoms with E-state index in [4.69, 9.17) is 4.52 Å². The number of carbonyl (C=O) groups excluding carboxylic acids is 1. The lowest BCUT2D eigenvalue weighted by Crippen LogP contribution is -2.13. The van der Waals surface area contributed by atoms with Gasteiger partial charge in [0.2, 0.25) is 0 Å². The molecular formula is C14H17BrN2O2S. The molecule has 0 aromatic carbocycles. The Hall–Kier alpha value is -1.14. The van der Waals surface area contributed by atoms with E-state index in [1.165, 1.54) is 0 Å². The maximum atomic E-state index is 12.3. The zero-order valence-corrected chi connectivity index (χ0v) is 14.5. The molecule has 6 heteroatoms. The van der Waals surface area contributed by atoms with Gasteiger partial charge in [0.05, 0.1) is 5.56 Å². The summed E-state index contributed by atoms with van der Waals surface area (Å²) in [5.41, 5.74) is 0.527. The van der Waals surface area contributed by atoms with Crippen LogP contribution in [0, 0.1) is 13.8 Å². The van der Waals surface area contributed by atoms with Crippen molar-refractivity contribution in [2.45, 2.75) is 40.0 Å². The van der Waals surface area contributed by atoms with Crippen molar-refractivity contribution in [3.63, 3.8) is 0 Å². The minimum Gasteiger partial charge on any atom is -0.359 e. The van der Waals surface area contributed by atoms with Crippen molar-refractivity contribution in [1.82, 2.24) is 5.16 Å². The molecule has 0 aliphatic carbocycles. The largest absolute Gasteiger partial charge is 0.359 e. The Morgan fingerprint density at radius 1 is 1.35 bits per heavy atom. The first-order valence-corrected chi connectivity index (χ1v) is 7.85. The lowest BCUT2D eigenvalue weighted by atomic mass is 9.93. The lowest BCUT2D eigenvalue weighted by Gasteiger charge is -2.12. The van der Waals surface area contributed by atoms with Gasteiger partial charge in [-0.15, -0.1) is 11.3 Å². The number of rotatable bonds is 2. The standard InChI is InChI=1S/C14H17BrN2O2S/c1-7-11(12(15)8(2)20-7)13(18)16-10-6-9(19-17-10)14(3,4)5/h6H,1-5H3,(H,16,17,18). The molecule has 2 heterocycles. The Balaban J connectivity index is 2.22. The first-order valence-electron chi connectivity index (χ1n) is 6.24. The minimum atomic E-state index is -0.174. The average molecular weight is 357 g/mol. The van der Waals surface area contributed by atoms with Crippen LogP contribution in [0.4, 0.5) is 5.82 Å². The van der Waals surface area contributed by atoms with Crippen molar-refractivity contribution in [1.29, 1.82) is 0 Å². The zero-order valence-electron chi connectivity index (χ0n) is 12.1. The molecule has 0 saturated carbocycles. The van der Waals surface area contributed by atoms with Crippen LogP contribution >= 0.6 is 27.3 Å². The van der Waals surface area contributed by atoms with Crippen molar-refractivity contribution in [2.24, 2.45) is 0 Å². The molecule has 0 radical (unpaired) electrons. The second-order valence-corrected chi connectivity index (χ2v) is 7.91. The van der Waals surface area contributed by atoms with E-state index in [0.717, 1.165) is 20.0 Å². The molecule has 0 unspecified atom stereocenters. The number of thiophene rings is 1. The summed E-state index contributed by atoms with van der Waals surface area (Å²) >= 11 is 5.05. The molecule has 1 N–H and O–H groups in total. The topological polar surface area (TPSA) is 55.1 Å². The Morgan fingerprint density at radius 3 is 2.45 bits per heavy atom. The number of aromatic nitrogens is 1. The monoisotopic (exact) mass is 356 g/mol. The molecule has 0 spiro atoms. The Morgan fingerprint density at radius 2 is 2.00 bits per heavy atom. The van der Waals surface area contributed by atoms with Crippen LogP contribution in [-0.4, -0.2) is 11.1 Å². The molecule has 0 bridgehead atoms. The second kappa shape index (κ2) is 5.33. The molecule has 2 aromatic rings. The highest BCUT2D eigenvalue weighted by Crippen LogP contribution is 2.32. The third kappa shape index (κ3) is 2.96. The van der Waals surface area contributed by atoms with Gasteiger partial charge >= 0.3 is 0 Å². The molecule has 108 valence electrons. The maximum absolute atomic E-state index is 12.3. The van der Waals surface area contributed by atoms with Crippen molar-refractivity contribution < 1.29 is 9.32 Å². The number of carbonyl (C=O) groups is 1. The smallest absolute Gasteiger partial charge is 0.259 e. The first kappa shape index (κ1) is 15.3. The van der Waals surface area contributed by atoms with Crippen LogP contribution in [0.3, 0.4) is 0 Å². The fourth-order valence-corrected chi connectivity index (χ4v) is 3.58. The van der Waals surface area contributed by atoms with Gasteiger partial charge in [0.25, 0.3) is 5.91 Å². The molecule has 0 fully saturated rings. The summed E-state index contributed by atoms with van der Waals surface area (Å²) in [6.07, 6.45) is 0. The zero-order chi connectivity index (χ0) is 15.1. The van der Waals surface area contributed by atoms with Gasteiger partial charge in [0, 0.05) is 25.7 Å². The van der Waals surface area contributed by atoms with Crippen LogP contribution in [-0.2, 0) is 5.41 Å². The summed E-state index contributed by atoms with van der Waals surface area (Å²) in [4.78, 5) is 14.4. The Bertz CT molecular complexity index is 653. The van der Waals surface area contributed by atoms with Crippen LogP contribution in [0.2, 0.25) is 0 Å². The quantitative estimate of drug-likeness (QED) is 0.850. The Labute approximate surface area is 130 Å². The number of halogens is 1. The third-order valence-corrected chi connectivity index (χ3v) is 5.18. The number of nitrogens with zero attached hydrogens (tertiary/aromatic N) is 1. The van der Waals surface area contributed by atoms with E-state index in [-0.39, 0.29) is 11.3 Å². The highest BCUT2D eigenvalue weighted by molar-refractivity contribution is 9.10. The Kier molecular flexibility index (Phi) is 4.07. The fraction of sp³-hybridized carbons (Fsp3) is 0.429. The third-order valence-electron chi connectivity index (χ3n) is 2.90. The molecule has 20 heavy (non-hydrogen) atoms. The highest BCUT2D eigenvalue weighted by atomic mass is 79.9. The SMILES string of the molecule is Cc1sc(C)c(C(=O)Nc2cc(C(C)(C)C)on2)c1Br. The van der Waals surface area contributed by atoms with Crippen molar-refractivity contribution >= 4 is 39.0 Å². The summed E-state index contributed by atoms with van der Waals surface area (Å²) in [7, 11) is 0. The van der Waals surface area contributed by atoms with Gasteiger partial charge in [0.1, 0.15) is 5.76 Å². The van der Waals surface area contributed by atoms with Gasteiger partial charge in [-0.3, -0.25) is 4.79 Å². The van der Waals surface area contributed by atoms with Crippen molar-refractivity contribution in [2.75, 3.05) is 5.32 Å². The number of nitrogens with one attached hydrogen (secondary N) is 1. The van der Waals surface area contributed by atoms with Gasteiger partial charge in [0.15, 0.2) is 5.82 Å². The van der Waals surface area contributed by atoms with E-state index < -0.39 is 0 Å². The van der Waals surface area contributed by atoms with Crippen LogP contribution in [0.25, 0.3) is 0 Å². The van der Waals surface area contributed by atoms with Crippen molar-refractivity contribution in [3.05, 3.63) is 31.6 Å². The molecular weight excluding hydrogens is 340 g/mol. The van der Waals surface area contributed by atoms with Gasteiger partial charge in [-0.05, 0) is 29.8 Å². The van der Waals surface area contributed by atoms with Crippen LogP contribution in [0.1, 0.15) is 46.6 Å². The summed E-state index contributed by atoms with van der Waals surface area (Å²) < 4.78 is 6.10. The van der Waals surface area contributed by atoms with E-state index in [1.807, 2.05) is 34.6 Å². The van der Waals surface area contributed by atoms with E-state index in [2.05, 4.69) is 26.4 Å². The van der Waals surface area contributed by atoms with Gasteiger partial charge in [-0.2, -0.15) is 0 Å². The molecule has 0 aliphatic heterocycles. The molecule has 0 atom stereocenters. The van der Waals surface area contributed by atoms with Crippen LogP contribution in [0.5, 0.6) is 0 Å². The van der Waals surface area contributed by atoms with Gasteiger partial charge < -0.3 is 9.84 Å². The molecule has 0 saturated heterocycles. The van der Waals surface area contributed by atoms with E-state index >= 15 is 0 Å². The fourth-order valence-electron chi connectivity index (χ4n) is 1.78. The molecule has 1 amide bonds. The number of aryl methyl sites for hydroxylation is 2. The summed E-state index contributed by atoms with van der Waals surface area (Å²) in [6, 6.07) is 1.76. The number of hydrogen-bond acceptors (Lipinski definition) is 4. The molecule has 4 nitrogen and oxygen atoms in total. The molecule has 2 rings (SSSR count). The predicted molar refractivity (Wildman–Crippen MR) is 84.6 cm³/mol. The second-order valence-electron chi connectivity index (χ2n) is 5.68. The van der Waals surface area contributed by atoms with E-state index in [9.17, 15) is 4.79 Å². The number of amides is 1. The average Bonchev–Trinajstić information content (AvgIpc) is 2.85. The summed E-state index contributed by atoms with van der Waals surface area (Å²) in [5.74, 6) is 1.01. The van der Waals surface area contributed by atoms with E-state index in [0.29, 0.717) is 11.4 Å². The van der Waals surface area contributed by atoms with Crippen molar-refractivity contribution in [3.8, 4) is 0 Å². The van der Waals surface area contributed by atoms with Gasteiger partial charge in [-0.25, -0.2) is 0 Å². The maximum Gasteiger partial charge on any atom is 0.259 e. The minimum absolute atomic E-state index is 0.133.